The molecule has 0 aliphatic carbocycles. The van der Waals surface area contributed by atoms with Crippen molar-refractivity contribution in [3.8, 4) is 67.3 Å². The van der Waals surface area contributed by atoms with Gasteiger partial charge in [0.1, 0.15) is 0 Å². The molecule has 0 unspecified atom stereocenters. The van der Waals surface area contributed by atoms with E-state index >= 15 is 0 Å². The molecule has 0 radical (unpaired) electrons. The monoisotopic (exact) mass is 747 g/mol. The van der Waals surface area contributed by atoms with Crippen molar-refractivity contribution in [2.24, 2.45) is 0 Å². The summed E-state index contributed by atoms with van der Waals surface area (Å²) in [5.41, 5.74) is 16.8. The summed E-state index contributed by atoms with van der Waals surface area (Å²) < 4.78 is 0. The van der Waals surface area contributed by atoms with Gasteiger partial charge in [0, 0.05) is 82.9 Å². The van der Waals surface area contributed by atoms with Crippen LogP contribution in [0.2, 0.25) is 0 Å². The van der Waals surface area contributed by atoms with E-state index in [1.807, 2.05) is 73.3 Å². The van der Waals surface area contributed by atoms with Crippen molar-refractivity contribution in [3.05, 3.63) is 200 Å². The van der Waals surface area contributed by atoms with Gasteiger partial charge in [-0.25, -0.2) is 9.97 Å². The van der Waals surface area contributed by atoms with E-state index in [4.69, 9.17) is 9.97 Å². The summed E-state index contributed by atoms with van der Waals surface area (Å²) in [6.07, 6.45) is 14.6. The van der Waals surface area contributed by atoms with E-state index in [0.29, 0.717) is 0 Å². The van der Waals surface area contributed by atoms with Gasteiger partial charge in [-0.05, 0) is 137 Å². The number of aromatic nitrogens is 6. The van der Waals surface area contributed by atoms with E-state index in [2.05, 4.69) is 130 Å². The maximum absolute atomic E-state index is 5.15. The molecule has 10 rings (SSSR count). The molecule has 1 aliphatic rings. The van der Waals surface area contributed by atoms with Crippen LogP contribution in [0.25, 0.3) is 67.3 Å². The highest BCUT2D eigenvalue weighted by Gasteiger charge is 2.36. The van der Waals surface area contributed by atoms with Gasteiger partial charge in [-0.1, -0.05) is 50.2 Å². The lowest BCUT2D eigenvalue weighted by Gasteiger charge is -2.42. The normalized spacial score (nSPS) is 12.8. The molecule has 7 heterocycles. The van der Waals surface area contributed by atoms with Crippen LogP contribution in [0, 0.1) is 0 Å². The minimum Gasteiger partial charge on any atom is -0.310 e. The summed E-state index contributed by atoms with van der Waals surface area (Å²) in [6.45, 7) is 4.63. The van der Waals surface area contributed by atoms with Crippen molar-refractivity contribution in [2.75, 3.05) is 4.90 Å². The lowest BCUT2D eigenvalue weighted by molar-refractivity contribution is 0.632. The molecule has 9 aromatic rings. The second-order valence-electron chi connectivity index (χ2n) is 15.0. The summed E-state index contributed by atoms with van der Waals surface area (Å²) in [5.74, 6) is 0. The Morgan fingerprint density at radius 2 is 0.707 bits per heavy atom. The van der Waals surface area contributed by atoms with E-state index in [1.165, 1.54) is 11.1 Å². The van der Waals surface area contributed by atoms with Crippen LogP contribution in [0.4, 0.5) is 17.1 Å². The van der Waals surface area contributed by atoms with Crippen LogP contribution in [0.15, 0.2) is 189 Å². The van der Waals surface area contributed by atoms with Crippen molar-refractivity contribution in [1.82, 2.24) is 29.9 Å². The lowest BCUT2D eigenvalue weighted by atomic mass is 9.73. The zero-order valence-corrected chi connectivity index (χ0v) is 32.0. The zero-order chi connectivity index (χ0) is 39.1. The highest BCUT2D eigenvalue weighted by atomic mass is 15.2. The minimum absolute atomic E-state index is 0.200. The van der Waals surface area contributed by atoms with Gasteiger partial charge in [0.2, 0.25) is 0 Å². The van der Waals surface area contributed by atoms with Crippen LogP contribution in [0.1, 0.15) is 25.0 Å². The molecular formula is C51H37N7. The maximum Gasteiger partial charge on any atom is 0.0731 e. The average molecular weight is 748 g/mol. The van der Waals surface area contributed by atoms with Crippen LogP contribution >= 0.6 is 0 Å². The highest BCUT2D eigenvalue weighted by molar-refractivity contribution is 5.91. The van der Waals surface area contributed by atoms with Gasteiger partial charge >= 0.3 is 0 Å². The number of fused-ring (bicyclic) bond motifs is 2. The summed E-state index contributed by atoms with van der Waals surface area (Å²) >= 11 is 0. The van der Waals surface area contributed by atoms with Gasteiger partial charge in [0.05, 0.1) is 34.2 Å². The molecule has 58 heavy (non-hydrogen) atoms. The Balaban J connectivity index is 1.26. The van der Waals surface area contributed by atoms with Crippen molar-refractivity contribution < 1.29 is 0 Å². The Labute approximate surface area is 337 Å². The van der Waals surface area contributed by atoms with Crippen LogP contribution < -0.4 is 4.90 Å². The molecule has 7 nitrogen and oxygen atoms in total. The maximum atomic E-state index is 5.15. The van der Waals surface area contributed by atoms with Crippen molar-refractivity contribution >= 4 is 17.1 Å². The molecule has 0 amide bonds. The molecular weight excluding hydrogens is 711 g/mol. The second kappa shape index (κ2) is 14.5. The zero-order valence-electron chi connectivity index (χ0n) is 32.0. The first-order chi connectivity index (χ1) is 28.5. The molecule has 6 aromatic heterocycles. The molecule has 0 bridgehead atoms. The van der Waals surface area contributed by atoms with E-state index in [1.54, 1.807) is 24.8 Å². The third kappa shape index (κ3) is 6.38. The van der Waals surface area contributed by atoms with Gasteiger partial charge in [-0.2, -0.15) is 0 Å². The molecule has 0 spiro atoms. The third-order valence-electron chi connectivity index (χ3n) is 11.0. The van der Waals surface area contributed by atoms with E-state index in [-0.39, 0.29) is 5.41 Å². The van der Waals surface area contributed by atoms with Gasteiger partial charge in [0.15, 0.2) is 0 Å². The fourth-order valence-electron chi connectivity index (χ4n) is 8.06. The van der Waals surface area contributed by atoms with Crippen LogP contribution in [0.3, 0.4) is 0 Å². The topological polar surface area (TPSA) is 80.6 Å². The van der Waals surface area contributed by atoms with Gasteiger partial charge in [-0.3, -0.25) is 19.9 Å². The van der Waals surface area contributed by atoms with Crippen LogP contribution in [0.5, 0.6) is 0 Å². The molecule has 0 saturated heterocycles. The standard InChI is InChI=1S/C51H37N7/c1-51(2)43-15-3-5-17-49(43)58(50-18-6-4-16-44(50)51)42-24-38(40-26-45(34-11-7-19-52-30-34)56-46(27-40)35-12-8-20-53-31-35)23-39(25-42)41-28-47(36-13-9-21-54-32-36)57-48(29-41)37-14-10-22-55-33-37/h3-33H,1-2H3. The Hall–Kier alpha value is -7.64. The molecule has 0 N–H and O–H groups in total. The van der Waals surface area contributed by atoms with E-state index < -0.39 is 0 Å². The molecule has 0 saturated carbocycles. The van der Waals surface area contributed by atoms with E-state index in [9.17, 15) is 0 Å². The number of benzene rings is 3. The van der Waals surface area contributed by atoms with E-state index in [0.717, 1.165) is 84.3 Å². The van der Waals surface area contributed by atoms with Gasteiger partial charge in [0.25, 0.3) is 0 Å². The quantitative estimate of drug-likeness (QED) is 0.161. The Bertz CT molecular complexity index is 2610. The first-order valence-electron chi connectivity index (χ1n) is 19.3. The Morgan fingerprint density at radius 1 is 0.362 bits per heavy atom. The molecule has 276 valence electrons. The van der Waals surface area contributed by atoms with Crippen LogP contribution in [-0.2, 0) is 5.41 Å². The van der Waals surface area contributed by atoms with Crippen molar-refractivity contribution in [3.63, 3.8) is 0 Å². The SMILES string of the molecule is CC1(C)c2ccccc2N(c2cc(-c3cc(-c4cccnc4)nc(-c4cccnc4)c3)cc(-c3cc(-c4cccnc4)nc(-c4cccnc4)c3)c2)c2ccccc21. The van der Waals surface area contributed by atoms with Gasteiger partial charge in [-0.15, -0.1) is 0 Å². The minimum atomic E-state index is -0.200. The second-order valence-corrected chi connectivity index (χ2v) is 15.0. The lowest BCUT2D eigenvalue weighted by Crippen LogP contribution is -2.30. The number of rotatable bonds is 7. The third-order valence-corrected chi connectivity index (χ3v) is 11.0. The number of anilines is 3. The summed E-state index contributed by atoms with van der Waals surface area (Å²) in [7, 11) is 0. The molecule has 0 atom stereocenters. The predicted molar refractivity (Wildman–Crippen MR) is 233 cm³/mol. The van der Waals surface area contributed by atoms with Crippen LogP contribution in [-0.4, -0.2) is 29.9 Å². The summed E-state index contributed by atoms with van der Waals surface area (Å²) in [5, 5.41) is 0. The Kier molecular flexibility index (Phi) is 8.68. The summed E-state index contributed by atoms with van der Waals surface area (Å²) in [4.78, 5) is 30.5. The number of pyridine rings is 6. The largest absolute Gasteiger partial charge is 0.310 e. The molecule has 0 fully saturated rings. The number of nitrogens with zero attached hydrogens (tertiary/aromatic N) is 7. The average Bonchev–Trinajstić information content (AvgIpc) is 3.30. The first kappa shape index (κ1) is 34.8. The summed E-state index contributed by atoms with van der Waals surface area (Å²) in [6, 6.07) is 49.1. The van der Waals surface area contributed by atoms with Crippen molar-refractivity contribution in [1.29, 1.82) is 0 Å². The number of para-hydroxylation sites is 2. The molecule has 1 aliphatic heterocycles. The molecule has 3 aromatic carbocycles. The van der Waals surface area contributed by atoms with Gasteiger partial charge < -0.3 is 4.90 Å². The number of hydrogen-bond acceptors (Lipinski definition) is 7. The fourth-order valence-corrected chi connectivity index (χ4v) is 8.06. The molecule has 7 heteroatoms. The Morgan fingerprint density at radius 3 is 1.05 bits per heavy atom. The predicted octanol–water partition coefficient (Wildman–Crippen LogP) is 12.2. The highest BCUT2D eigenvalue weighted by Crippen LogP contribution is 2.52. The smallest absolute Gasteiger partial charge is 0.0731 e. The fraction of sp³-hybridized carbons (Fsp3) is 0.0588. The van der Waals surface area contributed by atoms with Crippen molar-refractivity contribution in [2.45, 2.75) is 19.3 Å². The number of hydrogen-bond donors (Lipinski definition) is 0. The first-order valence-corrected chi connectivity index (χ1v) is 19.3.